The van der Waals surface area contributed by atoms with Gasteiger partial charge in [-0.1, -0.05) is 81.1 Å². The average Bonchev–Trinajstić information content (AvgIpc) is 3.28. The Morgan fingerprint density at radius 3 is 1.85 bits per heavy atom. The quantitative estimate of drug-likeness (QED) is 0.324. The smallest absolute Gasteiger partial charge is 0.204 e. The van der Waals surface area contributed by atoms with Gasteiger partial charge in [-0.15, -0.1) is 11.3 Å². The van der Waals surface area contributed by atoms with Gasteiger partial charge >= 0.3 is 17.8 Å². The van der Waals surface area contributed by atoms with Crippen LogP contribution >= 0.6 is 11.3 Å². The number of alkyl halides is 6. The first kappa shape index (κ1) is 24.8. The third-order valence-corrected chi connectivity index (χ3v) is 6.30. The molecule has 0 atom stereocenters. The predicted molar refractivity (Wildman–Crippen MR) is 119 cm³/mol. The number of benzene rings is 2. The molecule has 4 rings (SSSR count). The molecule has 8 heteroatoms. The SMILES string of the molecule is C=Cc1ccc(-c2cc(C3=C(F)C(F)(F)C(F)(F)C3(F)F)c(-c3ccccc3)s2)cc1.CC. The summed E-state index contributed by atoms with van der Waals surface area (Å²) in [7, 11) is 0. The minimum atomic E-state index is -5.89. The zero-order valence-electron chi connectivity index (χ0n) is 17.6. The second-order valence-corrected chi connectivity index (χ2v) is 8.01. The van der Waals surface area contributed by atoms with Crippen LogP contribution in [0.25, 0.3) is 32.5 Å². The van der Waals surface area contributed by atoms with Crippen LogP contribution in [0.5, 0.6) is 0 Å². The summed E-state index contributed by atoms with van der Waals surface area (Å²) >= 11 is 0.919. The van der Waals surface area contributed by atoms with Crippen molar-refractivity contribution in [2.24, 2.45) is 0 Å². The molecule has 1 aliphatic carbocycles. The van der Waals surface area contributed by atoms with Crippen LogP contribution in [0.1, 0.15) is 25.0 Å². The van der Waals surface area contributed by atoms with Crippen molar-refractivity contribution in [2.45, 2.75) is 31.6 Å². The molecule has 1 aliphatic rings. The van der Waals surface area contributed by atoms with Gasteiger partial charge in [-0.2, -0.15) is 26.3 Å². The van der Waals surface area contributed by atoms with E-state index in [9.17, 15) is 30.7 Å². The highest BCUT2D eigenvalue weighted by atomic mass is 32.1. The number of hydrogen-bond acceptors (Lipinski definition) is 1. The van der Waals surface area contributed by atoms with Crippen LogP contribution in [0.15, 0.2) is 73.1 Å². The Labute approximate surface area is 190 Å². The van der Waals surface area contributed by atoms with E-state index in [2.05, 4.69) is 6.58 Å². The number of halogens is 7. The van der Waals surface area contributed by atoms with Gasteiger partial charge in [-0.3, -0.25) is 0 Å². The highest BCUT2D eigenvalue weighted by Crippen LogP contribution is 2.63. The van der Waals surface area contributed by atoms with Crippen LogP contribution in [-0.2, 0) is 0 Å². The summed E-state index contributed by atoms with van der Waals surface area (Å²) in [4.78, 5) is 0.320. The standard InChI is InChI=1S/C23H13F7S.C2H6/c1-2-13-8-10-14(11-9-13)17-12-16(19(31-17)15-6-4-3-5-7-15)18-20(24)22(27,28)23(29,30)21(18,25)26;1-2/h2-12H,1H2;1-2H3. The van der Waals surface area contributed by atoms with Crippen molar-refractivity contribution in [3.05, 3.63) is 84.2 Å². The van der Waals surface area contributed by atoms with E-state index >= 15 is 0 Å². The zero-order chi connectivity index (χ0) is 24.6. The summed E-state index contributed by atoms with van der Waals surface area (Å²) in [5.41, 5.74) is -1.05. The van der Waals surface area contributed by atoms with E-state index in [-0.39, 0.29) is 4.88 Å². The van der Waals surface area contributed by atoms with Gasteiger partial charge in [0.1, 0.15) is 0 Å². The zero-order valence-corrected chi connectivity index (χ0v) is 18.4. The lowest BCUT2D eigenvalue weighted by atomic mass is 9.97. The molecule has 0 amide bonds. The third-order valence-electron chi connectivity index (χ3n) is 5.07. The average molecular weight is 484 g/mol. The second kappa shape index (κ2) is 8.82. The van der Waals surface area contributed by atoms with Gasteiger partial charge in [0.15, 0.2) is 5.83 Å². The molecule has 0 nitrogen and oxygen atoms in total. The molecule has 0 N–H and O–H groups in total. The Hall–Kier alpha value is -2.87. The minimum absolute atomic E-state index is 0.0123. The Kier molecular flexibility index (Phi) is 6.62. The summed E-state index contributed by atoms with van der Waals surface area (Å²) < 4.78 is 98.7. The first-order valence-corrected chi connectivity index (χ1v) is 10.8. The van der Waals surface area contributed by atoms with E-state index in [0.717, 1.165) is 23.0 Å². The van der Waals surface area contributed by atoms with Crippen LogP contribution in [0.3, 0.4) is 0 Å². The molecule has 2 aromatic carbocycles. The molecule has 3 aromatic rings. The van der Waals surface area contributed by atoms with E-state index in [1.165, 1.54) is 12.1 Å². The monoisotopic (exact) mass is 484 g/mol. The Bertz CT molecular complexity index is 1170. The molecule has 0 fully saturated rings. The van der Waals surface area contributed by atoms with Crippen LogP contribution in [-0.4, -0.2) is 17.8 Å². The number of hydrogen-bond donors (Lipinski definition) is 0. The maximum Gasteiger partial charge on any atom is 0.383 e. The Morgan fingerprint density at radius 1 is 0.788 bits per heavy atom. The fourth-order valence-electron chi connectivity index (χ4n) is 3.38. The molecular formula is C25H19F7S. The van der Waals surface area contributed by atoms with Crippen LogP contribution in [0, 0.1) is 0 Å². The van der Waals surface area contributed by atoms with E-state index in [0.29, 0.717) is 16.0 Å². The third kappa shape index (κ3) is 3.80. The van der Waals surface area contributed by atoms with Crippen LogP contribution in [0.4, 0.5) is 30.7 Å². The normalized spacial score (nSPS) is 18.0. The maximum atomic E-state index is 14.5. The number of rotatable bonds is 4. The molecule has 33 heavy (non-hydrogen) atoms. The van der Waals surface area contributed by atoms with Crippen molar-refractivity contribution in [3.8, 4) is 20.9 Å². The Balaban J connectivity index is 0.00000149. The van der Waals surface area contributed by atoms with E-state index in [1.54, 1.807) is 48.5 Å². The van der Waals surface area contributed by atoms with Crippen molar-refractivity contribution in [3.63, 3.8) is 0 Å². The molecule has 0 spiro atoms. The number of thiophene rings is 1. The van der Waals surface area contributed by atoms with Crippen LogP contribution < -0.4 is 0 Å². The van der Waals surface area contributed by atoms with Gasteiger partial charge in [0.05, 0.1) is 5.57 Å². The van der Waals surface area contributed by atoms with Crippen molar-refractivity contribution in [1.29, 1.82) is 0 Å². The van der Waals surface area contributed by atoms with Gasteiger partial charge < -0.3 is 0 Å². The summed E-state index contributed by atoms with van der Waals surface area (Å²) in [6, 6.07) is 15.5. The lowest BCUT2D eigenvalue weighted by molar-refractivity contribution is -0.263. The molecular weight excluding hydrogens is 465 g/mol. The van der Waals surface area contributed by atoms with Crippen molar-refractivity contribution in [2.75, 3.05) is 0 Å². The van der Waals surface area contributed by atoms with Crippen molar-refractivity contribution in [1.82, 2.24) is 0 Å². The molecule has 0 bridgehead atoms. The molecule has 0 aliphatic heterocycles. The maximum absolute atomic E-state index is 14.5. The predicted octanol–water partition coefficient (Wildman–Crippen LogP) is 9.35. The molecule has 0 saturated carbocycles. The van der Waals surface area contributed by atoms with E-state index in [1.807, 2.05) is 13.8 Å². The van der Waals surface area contributed by atoms with Gasteiger partial charge in [0, 0.05) is 15.3 Å². The molecule has 174 valence electrons. The second-order valence-electron chi connectivity index (χ2n) is 6.96. The fraction of sp³-hybridized carbons (Fsp3) is 0.200. The van der Waals surface area contributed by atoms with Gasteiger partial charge in [-0.05, 0) is 22.8 Å². The van der Waals surface area contributed by atoms with E-state index < -0.39 is 34.7 Å². The lowest BCUT2D eigenvalue weighted by Gasteiger charge is -2.24. The topological polar surface area (TPSA) is 0 Å². The van der Waals surface area contributed by atoms with Crippen LogP contribution in [0.2, 0.25) is 0 Å². The molecule has 0 unspecified atom stereocenters. The highest BCUT2D eigenvalue weighted by Gasteiger charge is 2.81. The van der Waals surface area contributed by atoms with Gasteiger partial charge in [-0.25, -0.2) is 4.39 Å². The first-order chi connectivity index (χ1) is 15.5. The minimum Gasteiger partial charge on any atom is -0.204 e. The largest absolute Gasteiger partial charge is 0.383 e. The number of allylic oxidation sites excluding steroid dienone is 2. The molecule has 1 heterocycles. The van der Waals surface area contributed by atoms with Gasteiger partial charge in [0.2, 0.25) is 0 Å². The van der Waals surface area contributed by atoms with Crippen molar-refractivity contribution < 1.29 is 30.7 Å². The van der Waals surface area contributed by atoms with Gasteiger partial charge in [0.25, 0.3) is 0 Å². The van der Waals surface area contributed by atoms with Crippen molar-refractivity contribution >= 4 is 23.0 Å². The summed E-state index contributed by atoms with van der Waals surface area (Å²) in [6.07, 6.45) is 1.59. The van der Waals surface area contributed by atoms with E-state index in [4.69, 9.17) is 0 Å². The molecule has 0 radical (unpaired) electrons. The Morgan fingerprint density at radius 2 is 1.36 bits per heavy atom. The highest BCUT2D eigenvalue weighted by molar-refractivity contribution is 7.19. The fourth-order valence-corrected chi connectivity index (χ4v) is 4.56. The summed E-state index contributed by atoms with van der Waals surface area (Å²) in [5.74, 6) is -19.7. The summed E-state index contributed by atoms with van der Waals surface area (Å²) in [5, 5.41) is 0. The molecule has 0 saturated heterocycles. The summed E-state index contributed by atoms with van der Waals surface area (Å²) in [6.45, 7) is 7.62. The lowest BCUT2D eigenvalue weighted by Crippen LogP contribution is -2.48. The first-order valence-electron chi connectivity index (χ1n) is 9.99. The molecule has 1 aromatic heterocycles.